The largest absolute Gasteiger partial charge is 2.00 e. The summed E-state index contributed by atoms with van der Waals surface area (Å²) in [4.78, 5) is 8.89. The molecule has 0 N–H and O–H groups in total. The van der Waals surface area contributed by atoms with Crippen molar-refractivity contribution in [2.75, 3.05) is 0 Å². The van der Waals surface area contributed by atoms with E-state index in [1.807, 2.05) is 31.2 Å². The van der Waals surface area contributed by atoms with Gasteiger partial charge < -0.3 is 9.90 Å². The summed E-state index contributed by atoms with van der Waals surface area (Å²) in [6, 6.07) is 10.9. The van der Waals surface area contributed by atoms with E-state index < -0.39 is 5.97 Å². The predicted molar refractivity (Wildman–Crippen MR) is 51.8 cm³/mol. The average Bonchev–Trinajstić information content (AvgIpc) is 1.87. The Balaban J connectivity index is -0.000000150. The molecule has 1 aromatic rings. The molecule has 0 aromatic heterocycles. The number of rotatable bonds is 0. The van der Waals surface area contributed by atoms with E-state index in [0.29, 0.717) is 0 Å². The van der Waals surface area contributed by atoms with Gasteiger partial charge in [0, 0.05) is 5.97 Å². The molecule has 2 nitrogen and oxygen atoms in total. The van der Waals surface area contributed by atoms with Gasteiger partial charge in [-0.25, -0.2) is 0 Å². The van der Waals surface area contributed by atoms with Crippen LogP contribution in [0.15, 0.2) is 24.3 Å². The number of hydrogen-bond donors (Lipinski definition) is 0. The van der Waals surface area contributed by atoms with E-state index in [1.54, 1.807) is 0 Å². The van der Waals surface area contributed by atoms with Crippen LogP contribution in [0, 0.1) is 13.0 Å². The summed E-state index contributed by atoms with van der Waals surface area (Å²) in [7, 11) is 0. The SMILES string of the molecule is CC(=O)[O-].Cc1[c-]cccc1.P.[Pd+2]. The third-order valence-electron chi connectivity index (χ3n) is 0.865. The van der Waals surface area contributed by atoms with Crippen LogP contribution < -0.4 is 5.11 Å². The molecule has 0 aliphatic carbocycles. The Bertz CT molecular complexity index is 210. The van der Waals surface area contributed by atoms with Gasteiger partial charge in [0.25, 0.3) is 0 Å². The number of hydrogen-bond acceptors (Lipinski definition) is 2. The first-order chi connectivity index (χ1) is 5.13. The second kappa shape index (κ2) is 11.8. The Morgan fingerprint density at radius 1 is 1.46 bits per heavy atom. The fourth-order valence-electron chi connectivity index (χ4n) is 0.483. The molecule has 0 spiro atoms. The van der Waals surface area contributed by atoms with Gasteiger partial charge in [0.15, 0.2) is 0 Å². The summed E-state index contributed by atoms with van der Waals surface area (Å²) >= 11 is 0. The van der Waals surface area contributed by atoms with Gasteiger partial charge >= 0.3 is 20.4 Å². The van der Waals surface area contributed by atoms with Crippen molar-refractivity contribution in [2.24, 2.45) is 0 Å². The second-order valence-electron chi connectivity index (χ2n) is 2.04. The molecule has 1 atom stereocenters. The van der Waals surface area contributed by atoms with E-state index in [2.05, 4.69) is 6.07 Å². The molecule has 0 radical (unpaired) electrons. The number of benzene rings is 1. The summed E-state index contributed by atoms with van der Waals surface area (Å²) in [5.41, 5.74) is 1.20. The van der Waals surface area contributed by atoms with Gasteiger partial charge in [0.05, 0.1) is 0 Å². The van der Waals surface area contributed by atoms with Crippen LogP contribution in [-0.4, -0.2) is 5.97 Å². The van der Waals surface area contributed by atoms with Crippen molar-refractivity contribution >= 4 is 15.9 Å². The van der Waals surface area contributed by atoms with Crippen LogP contribution >= 0.6 is 9.90 Å². The molecule has 13 heavy (non-hydrogen) atoms. The van der Waals surface area contributed by atoms with E-state index in [4.69, 9.17) is 9.90 Å². The summed E-state index contributed by atoms with van der Waals surface area (Å²) in [6.45, 7) is 3.00. The Kier molecular flexibility index (Phi) is 16.8. The molecule has 0 saturated heterocycles. The van der Waals surface area contributed by atoms with Crippen molar-refractivity contribution in [3.05, 3.63) is 35.9 Å². The van der Waals surface area contributed by atoms with Crippen molar-refractivity contribution in [1.29, 1.82) is 0 Å². The molecule has 1 unspecified atom stereocenters. The summed E-state index contributed by atoms with van der Waals surface area (Å²) in [6.07, 6.45) is 0. The third-order valence-corrected chi connectivity index (χ3v) is 0.865. The molecule has 76 valence electrons. The van der Waals surface area contributed by atoms with Crippen LogP contribution in [0.5, 0.6) is 0 Å². The minimum atomic E-state index is -1.08. The topological polar surface area (TPSA) is 40.1 Å². The number of aryl methyl sites for hydroxylation is 1. The maximum atomic E-state index is 8.89. The van der Waals surface area contributed by atoms with E-state index in [9.17, 15) is 0 Å². The molecule has 0 saturated carbocycles. The van der Waals surface area contributed by atoms with Crippen molar-refractivity contribution in [3.8, 4) is 0 Å². The average molecular weight is 291 g/mol. The van der Waals surface area contributed by atoms with Gasteiger partial charge in [-0.15, -0.1) is 0 Å². The first-order valence-corrected chi connectivity index (χ1v) is 3.24. The Hall–Kier alpha value is -0.218. The van der Waals surface area contributed by atoms with Gasteiger partial charge in [-0.1, -0.05) is 6.92 Å². The van der Waals surface area contributed by atoms with E-state index >= 15 is 0 Å². The molecule has 0 aliphatic heterocycles. The van der Waals surface area contributed by atoms with Crippen molar-refractivity contribution in [3.63, 3.8) is 0 Å². The summed E-state index contributed by atoms with van der Waals surface area (Å²) in [5.74, 6) is -1.08. The minimum absolute atomic E-state index is 0. The van der Waals surface area contributed by atoms with Gasteiger partial charge in [-0.2, -0.15) is 45.8 Å². The van der Waals surface area contributed by atoms with Crippen LogP contribution in [0.25, 0.3) is 0 Å². The van der Waals surface area contributed by atoms with Gasteiger partial charge in [-0.05, 0) is 6.92 Å². The van der Waals surface area contributed by atoms with Crippen molar-refractivity contribution in [2.45, 2.75) is 13.8 Å². The molecule has 1 aromatic carbocycles. The fraction of sp³-hybridized carbons (Fsp3) is 0.222. The van der Waals surface area contributed by atoms with Crippen molar-refractivity contribution < 1.29 is 30.3 Å². The normalized spacial score (nSPS) is 6.62. The van der Waals surface area contributed by atoms with Crippen LogP contribution in [-0.2, 0) is 25.2 Å². The van der Waals surface area contributed by atoms with Gasteiger partial charge in [0.1, 0.15) is 0 Å². The Morgan fingerprint density at radius 3 is 2.08 bits per heavy atom. The zero-order valence-electron chi connectivity index (χ0n) is 7.65. The summed E-state index contributed by atoms with van der Waals surface area (Å²) < 4.78 is 0. The molecule has 0 amide bonds. The molecular formula is C9H13O2PPd. The third kappa shape index (κ3) is 18.6. The van der Waals surface area contributed by atoms with E-state index in [-0.39, 0.29) is 30.3 Å². The maximum absolute atomic E-state index is 8.89. The molecule has 1 rings (SSSR count). The standard InChI is InChI=1S/C7H7.C2H4O2.H3P.Pd/c1-7-5-3-2-4-6-7;1-2(3)4;;/h2-5H,1H3;1H3,(H,3,4);1H3;/q-1;;;+2/p-1. The van der Waals surface area contributed by atoms with E-state index in [1.165, 1.54) is 5.56 Å². The smallest absolute Gasteiger partial charge is 0.550 e. The van der Waals surface area contributed by atoms with Gasteiger partial charge in [0.2, 0.25) is 0 Å². The molecule has 0 bridgehead atoms. The Morgan fingerprint density at radius 2 is 1.92 bits per heavy atom. The maximum Gasteiger partial charge on any atom is 2.00 e. The van der Waals surface area contributed by atoms with Crippen LogP contribution in [0.1, 0.15) is 12.5 Å². The van der Waals surface area contributed by atoms with Gasteiger partial charge in [-0.3, -0.25) is 0 Å². The second-order valence-corrected chi connectivity index (χ2v) is 2.04. The van der Waals surface area contributed by atoms with Crippen LogP contribution in [0.3, 0.4) is 0 Å². The van der Waals surface area contributed by atoms with E-state index in [0.717, 1.165) is 6.92 Å². The predicted octanol–water partition coefficient (Wildman–Crippen LogP) is 0.607. The van der Waals surface area contributed by atoms with Crippen LogP contribution in [0.2, 0.25) is 0 Å². The minimum Gasteiger partial charge on any atom is -0.550 e. The first kappa shape index (κ1) is 18.5. The monoisotopic (exact) mass is 290 g/mol. The molecule has 0 heterocycles. The molecule has 0 aliphatic rings. The molecule has 0 fully saturated rings. The quantitative estimate of drug-likeness (QED) is 0.399. The number of carboxylic acids is 1. The fourth-order valence-corrected chi connectivity index (χ4v) is 0.483. The Labute approximate surface area is 96.0 Å². The summed E-state index contributed by atoms with van der Waals surface area (Å²) in [5, 5.41) is 8.89. The molecule has 4 heteroatoms. The number of carbonyl (C=O) groups is 1. The zero-order valence-corrected chi connectivity index (χ0v) is 10.6. The van der Waals surface area contributed by atoms with Crippen molar-refractivity contribution in [1.82, 2.24) is 0 Å². The number of carbonyl (C=O) groups excluding carboxylic acids is 1. The number of aliphatic carboxylic acids is 1. The van der Waals surface area contributed by atoms with Crippen LogP contribution in [0.4, 0.5) is 0 Å². The first-order valence-electron chi connectivity index (χ1n) is 3.24. The zero-order chi connectivity index (χ0) is 8.69. The number of carboxylic acid groups (broad SMARTS) is 1. The molecular weight excluding hydrogens is 277 g/mol.